The second-order valence-electron chi connectivity index (χ2n) is 5.29. The van der Waals surface area contributed by atoms with Crippen molar-refractivity contribution in [3.63, 3.8) is 0 Å². The lowest BCUT2D eigenvalue weighted by atomic mass is 10.2. The summed E-state index contributed by atoms with van der Waals surface area (Å²) in [6, 6.07) is 9.41. The number of benzene rings is 1. The summed E-state index contributed by atoms with van der Waals surface area (Å²) in [6.45, 7) is 1.92. The maximum atomic E-state index is 12.9. The molecule has 0 saturated heterocycles. The quantitative estimate of drug-likeness (QED) is 0.779. The SMILES string of the molecule is Cc1ccc(NC(=O)CCc2nc(-c3ccc(F)cc3)no2)nc1. The van der Waals surface area contributed by atoms with Crippen molar-refractivity contribution in [3.8, 4) is 11.4 Å². The van der Waals surface area contributed by atoms with Crippen LogP contribution in [0.3, 0.4) is 0 Å². The largest absolute Gasteiger partial charge is 0.339 e. The zero-order valence-electron chi connectivity index (χ0n) is 13.0. The molecule has 1 N–H and O–H groups in total. The highest BCUT2D eigenvalue weighted by Crippen LogP contribution is 2.16. The van der Waals surface area contributed by atoms with Crippen LogP contribution >= 0.6 is 0 Å². The van der Waals surface area contributed by atoms with Crippen molar-refractivity contribution in [2.45, 2.75) is 19.8 Å². The molecule has 0 aliphatic heterocycles. The zero-order chi connectivity index (χ0) is 16.9. The van der Waals surface area contributed by atoms with Crippen LogP contribution in [0, 0.1) is 12.7 Å². The van der Waals surface area contributed by atoms with Crippen molar-refractivity contribution in [1.82, 2.24) is 15.1 Å². The number of nitrogens with one attached hydrogen (secondary N) is 1. The first kappa shape index (κ1) is 15.8. The van der Waals surface area contributed by atoms with Gasteiger partial charge in [-0.15, -0.1) is 0 Å². The Morgan fingerprint density at radius 2 is 2.00 bits per heavy atom. The minimum absolute atomic E-state index is 0.187. The van der Waals surface area contributed by atoms with E-state index in [2.05, 4.69) is 20.4 Å². The van der Waals surface area contributed by atoms with Crippen LogP contribution in [0.15, 0.2) is 47.1 Å². The van der Waals surface area contributed by atoms with Crippen LogP contribution in [0.1, 0.15) is 17.9 Å². The van der Waals surface area contributed by atoms with E-state index in [0.717, 1.165) is 5.56 Å². The van der Waals surface area contributed by atoms with E-state index in [9.17, 15) is 9.18 Å². The van der Waals surface area contributed by atoms with E-state index in [0.29, 0.717) is 29.5 Å². The van der Waals surface area contributed by atoms with Gasteiger partial charge in [-0.1, -0.05) is 11.2 Å². The molecular weight excluding hydrogens is 311 g/mol. The second kappa shape index (κ2) is 6.99. The summed E-state index contributed by atoms with van der Waals surface area (Å²) in [7, 11) is 0. The van der Waals surface area contributed by atoms with E-state index in [-0.39, 0.29) is 18.1 Å². The third-order valence-corrected chi connectivity index (χ3v) is 3.32. The van der Waals surface area contributed by atoms with Gasteiger partial charge in [-0.3, -0.25) is 4.79 Å². The number of amides is 1. The molecule has 2 heterocycles. The van der Waals surface area contributed by atoms with Gasteiger partial charge in [0, 0.05) is 24.6 Å². The van der Waals surface area contributed by atoms with Crippen LogP contribution in [-0.4, -0.2) is 21.0 Å². The Kier molecular flexibility index (Phi) is 4.60. The Morgan fingerprint density at radius 1 is 1.21 bits per heavy atom. The minimum atomic E-state index is -0.330. The second-order valence-corrected chi connectivity index (χ2v) is 5.29. The average molecular weight is 326 g/mol. The molecule has 6 nitrogen and oxygen atoms in total. The topological polar surface area (TPSA) is 80.9 Å². The van der Waals surface area contributed by atoms with Crippen LogP contribution in [0.25, 0.3) is 11.4 Å². The molecule has 0 unspecified atom stereocenters. The number of anilines is 1. The number of halogens is 1. The lowest BCUT2D eigenvalue weighted by Gasteiger charge is -2.03. The molecule has 0 radical (unpaired) electrons. The van der Waals surface area contributed by atoms with Crippen LogP contribution in [0.5, 0.6) is 0 Å². The molecule has 2 aromatic heterocycles. The van der Waals surface area contributed by atoms with Crippen LogP contribution in [0.4, 0.5) is 10.2 Å². The third-order valence-electron chi connectivity index (χ3n) is 3.32. The lowest BCUT2D eigenvalue weighted by Crippen LogP contribution is -2.13. The Bertz CT molecular complexity index is 829. The van der Waals surface area contributed by atoms with E-state index in [1.165, 1.54) is 12.1 Å². The molecule has 0 aliphatic carbocycles. The van der Waals surface area contributed by atoms with Gasteiger partial charge in [-0.2, -0.15) is 4.98 Å². The normalized spacial score (nSPS) is 10.6. The molecule has 1 amide bonds. The summed E-state index contributed by atoms with van der Waals surface area (Å²) in [5, 5.41) is 6.54. The van der Waals surface area contributed by atoms with Crippen molar-refractivity contribution in [3.05, 3.63) is 59.9 Å². The first-order chi connectivity index (χ1) is 11.6. The fourth-order valence-corrected chi connectivity index (χ4v) is 2.04. The van der Waals surface area contributed by atoms with Crippen LogP contribution in [0.2, 0.25) is 0 Å². The van der Waals surface area contributed by atoms with Crippen LogP contribution in [-0.2, 0) is 11.2 Å². The average Bonchev–Trinajstić information content (AvgIpc) is 3.05. The van der Waals surface area contributed by atoms with Crippen molar-refractivity contribution in [2.75, 3.05) is 5.32 Å². The summed E-state index contributed by atoms with van der Waals surface area (Å²) in [5.74, 6) is 0.701. The highest BCUT2D eigenvalue weighted by atomic mass is 19.1. The Morgan fingerprint density at radius 3 is 2.71 bits per heavy atom. The molecule has 3 aromatic rings. The summed E-state index contributed by atoms with van der Waals surface area (Å²) in [5.41, 5.74) is 1.67. The summed E-state index contributed by atoms with van der Waals surface area (Å²) in [6.07, 6.45) is 2.19. The molecule has 0 saturated carbocycles. The molecule has 0 bridgehead atoms. The van der Waals surface area contributed by atoms with Gasteiger partial charge in [0.1, 0.15) is 11.6 Å². The van der Waals surface area contributed by atoms with Gasteiger partial charge < -0.3 is 9.84 Å². The summed E-state index contributed by atoms with van der Waals surface area (Å²) in [4.78, 5) is 20.2. The zero-order valence-corrected chi connectivity index (χ0v) is 13.0. The van der Waals surface area contributed by atoms with Crippen molar-refractivity contribution >= 4 is 11.7 Å². The van der Waals surface area contributed by atoms with Gasteiger partial charge in [0.05, 0.1) is 0 Å². The molecular formula is C17H15FN4O2. The fourth-order valence-electron chi connectivity index (χ4n) is 2.04. The van der Waals surface area contributed by atoms with Gasteiger partial charge in [0.25, 0.3) is 0 Å². The van der Waals surface area contributed by atoms with Gasteiger partial charge >= 0.3 is 0 Å². The van der Waals surface area contributed by atoms with E-state index in [1.54, 1.807) is 24.4 Å². The minimum Gasteiger partial charge on any atom is -0.339 e. The van der Waals surface area contributed by atoms with Gasteiger partial charge in [0.15, 0.2) is 0 Å². The standard InChI is InChI=1S/C17H15FN4O2/c1-11-2-7-14(19-10-11)20-15(23)8-9-16-21-17(22-24-16)12-3-5-13(18)6-4-12/h2-7,10H,8-9H2,1H3,(H,19,20,23). The van der Waals surface area contributed by atoms with Gasteiger partial charge in [-0.25, -0.2) is 9.37 Å². The van der Waals surface area contributed by atoms with Crippen molar-refractivity contribution in [1.29, 1.82) is 0 Å². The molecule has 3 rings (SSSR count). The highest BCUT2D eigenvalue weighted by Gasteiger charge is 2.11. The number of aromatic nitrogens is 3. The number of carbonyl (C=O) groups excluding carboxylic acids is 1. The van der Waals surface area contributed by atoms with Gasteiger partial charge in [0.2, 0.25) is 17.6 Å². The Labute approximate surface area is 137 Å². The summed E-state index contributed by atoms with van der Waals surface area (Å²) < 4.78 is 18.0. The number of pyridine rings is 1. The molecule has 0 fully saturated rings. The molecule has 24 heavy (non-hydrogen) atoms. The van der Waals surface area contributed by atoms with Crippen LogP contribution < -0.4 is 5.32 Å². The number of hydrogen-bond acceptors (Lipinski definition) is 5. The van der Waals surface area contributed by atoms with Crippen molar-refractivity contribution < 1.29 is 13.7 Å². The van der Waals surface area contributed by atoms with E-state index in [1.807, 2.05) is 13.0 Å². The lowest BCUT2D eigenvalue weighted by molar-refractivity contribution is -0.116. The third kappa shape index (κ3) is 4.01. The number of rotatable bonds is 5. The Balaban J connectivity index is 1.56. The number of nitrogens with zero attached hydrogens (tertiary/aromatic N) is 3. The van der Waals surface area contributed by atoms with Crippen molar-refractivity contribution in [2.24, 2.45) is 0 Å². The first-order valence-electron chi connectivity index (χ1n) is 7.41. The molecule has 122 valence electrons. The predicted octanol–water partition coefficient (Wildman–Crippen LogP) is 3.15. The number of carbonyl (C=O) groups is 1. The monoisotopic (exact) mass is 326 g/mol. The molecule has 1 aromatic carbocycles. The van der Waals surface area contributed by atoms with Gasteiger partial charge in [-0.05, 0) is 42.8 Å². The molecule has 7 heteroatoms. The predicted molar refractivity (Wildman–Crippen MR) is 85.6 cm³/mol. The fraction of sp³-hybridized carbons (Fsp3) is 0.176. The number of hydrogen-bond donors (Lipinski definition) is 1. The van der Waals surface area contributed by atoms with E-state index < -0.39 is 0 Å². The molecule has 0 atom stereocenters. The molecule has 0 aliphatic rings. The maximum absolute atomic E-state index is 12.9. The Hall–Kier alpha value is -3.09. The molecule has 0 spiro atoms. The van der Waals surface area contributed by atoms with E-state index in [4.69, 9.17) is 4.52 Å². The smallest absolute Gasteiger partial charge is 0.227 e. The number of aryl methyl sites for hydroxylation is 2. The first-order valence-corrected chi connectivity index (χ1v) is 7.41. The summed E-state index contributed by atoms with van der Waals surface area (Å²) >= 11 is 0. The highest BCUT2D eigenvalue weighted by molar-refractivity contribution is 5.89. The maximum Gasteiger partial charge on any atom is 0.227 e. The van der Waals surface area contributed by atoms with E-state index >= 15 is 0 Å².